The Morgan fingerprint density at radius 3 is 2.43 bits per heavy atom. The lowest BCUT2D eigenvalue weighted by Gasteiger charge is -2.30. The SMILES string of the molecule is NCC1CCC(CC(=O)N2CCCN3CCCC3C2)CC1. The van der Waals surface area contributed by atoms with Crippen LogP contribution in [0.1, 0.15) is 51.4 Å². The number of hydrogen-bond acceptors (Lipinski definition) is 3. The van der Waals surface area contributed by atoms with Gasteiger partial charge >= 0.3 is 0 Å². The van der Waals surface area contributed by atoms with Gasteiger partial charge in [-0.05, 0) is 69.9 Å². The van der Waals surface area contributed by atoms with Crippen LogP contribution in [-0.4, -0.2) is 54.5 Å². The van der Waals surface area contributed by atoms with Gasteiger partial charge in [0.25, 0.3) is 0 Å². The summed E-state index contributed by atoms with van der Waals surface area (Å²) in [6, 6.07) is 0.643. The van der Waals surface area contributed by atoms with E-state index in [0.717, 1.165) is 32.5 Å². The molecule has 0 aromatic carbocycles. The van der Waals surface area contributed by atoms with Crippen molar-refractivity contribution in [1.82, 2.24) is 9.80 Å². The Bertz CT molecular complexity index is 352. The fourth-order valence-corrected chi connectivity index (χ4v) is 4.48. The van der Waals surface area contributed by atoms with Crippen LogP contribution in [0.5, 0.6) is 0 Å². The largest absolute Gasteiger partial charge is 0.341 e. The molecule has 4 nitrogen and oxygen atoms in total. The maximum absolute atomic E-state index is 12.6. The molecule has 2 heterocycles. The van der Waals surface area contributed by atoms with E-state index in [1.807, 2.05) is 0 Å². The predicted molar refractivity (Wildman–Crippen MR) is 84.9 cm³/mol. The van der Waals surface area contributed by atoms with Crippen LogP contribution in [-0.2, 0) is 4.79 Å². The van der Waals surface area contributed by atoms with Crippen LogP contribution in [0.4, 0.5) is 0 Å². The first-order valence-electron chi connectivity index (χ1n) is 8.98. The van der Waals surface area contributed by atoms with Crippen molar-refractivity contribution < 1.29 is 4.79 Å². The van der Waals surface area contributed by atoms with Crippen molar-refractivity contribution in [2.75, 3.05) is 32.7 Å². The Kier molecular flexibility index (Phi) is 5.17. The minimum atomic E-state index is 0.417. The van der Waals surface area contributed by atoms with Gasteiger partial charge in [0.15, 0.2) is 0 Å². The maximum Gasteiger partial charge on any atom is 0.222 e. The first-order chi connectivity index (χ1) is 10.3. The zero-order chi connectivity index (χ0) is 14.7. The highest BCUT2D eigenvalue weighted by atomic mass is 16.2. The van der Waals surface area contributed by atoms with Crippen LogP contribution >= 0.6 is 0 Å². The minimum Gasteiger partial charge on any atom is -0.341 e. The highest BCUT2D eigenvalue weighted by Crippen LogP contribution is 2.31. The van der Waals surface area contributed by atoms with E-state index < -0.39 is 0 Å². The lowest BCUT2D eigenvalue weighted by Crippen LogP contribution is -2.40. The Morgan fingerprint density at radius 1 is 0.952 bits per heavy atom. The number of amides is 1. The standard InChI is InChI=1S/C17H31N3O/c18-12-15-6-4-14(5-7-15)11-17(21)20-10-2-9-19-8-1-3-16(19)13-20/h14-16H,1-13,18H2. The van der Waals surface area contributed by atoms with Gasteiger partial charge in [0.2, 0.25) is 5.91 Å². The molecule has 0 spiro atoms. The van der Waals surface area contributed by atoms with E-state index in [4.69, 9.17) is 5.73 Å². The average Bonchev–Trinajstić information content (AvgIpc) is 2.85. The van der Waals surface area contributed by atoms with Gasteiger partial charge in [0.05, 0.1) is 0 Å². The highest BCUT2D eigenvalue weighted by molar-refractivity contribution is 5.76. The Hall–Kier alpha value is -0.610. The van der Waals surface area contributed by atoms with Gasteiger partial charge in [0, 0.05) is 32.1 Å². The van der Waals surface area contributed by atoms with Crippen molar-refractivity contribution in [2.45, 2.75) is 57.4 Å². The fourth-order valence-electron chi connectivity index (χ4n) is 4.48. The topological polar surface area (TPSA) is 49.6 Å². The second-order valence-corrected chi connectivity index (χ2v) is 7.35. The molecule has 1 aliphatic carbocycles. The number of nitrogens with two attached hydrogens (primary N) is 1. The molecule has 1 atom stereocenters. The zero-order valence-electron chi connectivity index (χ0n) is 13.3. The van der Waals surface area contributed by atoms with E-state index in [-0.39, 0.29) is 0 Å². The van der Waals surface area contributed by atoms with E-state index in [9.17, 15) is 4.79 Å². The van der Waals surface area contributed by atoms with Crippen molar-refractivity contribution in [1.29, 1.82) is 0 Å². The van der Waals surface area contributed by atoms with E-state index in [1.54, 1.807) is 0 Å². The van der Waals surface area contributed by atoms with Crippen LogP contribution in [0.15, 0.2) is 0 Å². The third kappa shape index (κ3) is 3.78. The molecule has 1 unspecified atom stereocenters. The van der Waals surface area contributed by atoms with Crippen LogP contribution in [0.3, 0.4) is 0 Å². The van der Waals surface area contributed by atoms with Gasteiger partial charge in [0.1, 0.15) is 0 Å². The predicted octanol–water partition coefficient (Wildman–Crippen LogP) is 1.84. The molecular formula is C17H31N3O. The summed E-state index contributed by atoms with van der Waals surface area (Å²) in [6.07, 6.45) is 9.40. The Labute approximate surface area is 129 Å². The van der Waals surface area contributed by atoms with Crippen LogP contribution in [0.2, 0.25) is 0 Å². The molecule has 1 amide bonds. The number of carbonyl (C=O) groups excluding carboxylic acids is 1. The molecule has 2 N–H and O–H groups in total. The first-order valence-corrected chi connectivity index (χ1v) is 8.98. The van der Waals surface area contributed by atoms with Gasteiger partial charge < -0.3 is 10.6 Å². The van der Waals surface area contributed by atoms with Crippen LogP contribution in [0, 0.1) is 11.8 Å². The number of carbonyl (C=O) groups is 1. The van der Waals surface area contributed by atoms with Crippen molar-refractivity contribution in [3.8, 4) is 0 Å². The Morgan fingerprint density at radius 2 is 1.67 bits per heavy atom. The van der Waals surface area contributed by atoms with Crippen LogP contribution < -0.4 is 5.73 Å². The van der Waals surface area contributed by atoms with Crippen molar-refractivity contribution in [3.63, 3.8) is 0 Å². The number of rotatable bonds is 3. The van der Waals surface area contributed by atoms with Crippen molar-refractivity contribution >= 4 is 5.91 Å². The number of nitrogens with zero attached hydrogens (tertiary/aromatic N) is 2. The normalized spacial score (nSPS) is 34.5. The third-order valence-corrected chi connectivity index (χ3v) is 5.92. The van der Waals surface area contributed by atoms with E-state index in [0.29, 0.717) is 23.8 Å². The molecule has 3 aliphatic rings. The number of fused-ring (bicyclic) bond motifs is 1. The summed E-state index contributed by atoms with van der Waals surface area (Å²) in [5, 5.41) is 0. The maximum atomic E-state index is 12.6. The molecule has 3 rings (SSSR count). The van der Waals surface area contributed by atoms with Crippen molar-refractivity contribution in [2.24, 2.45) is 17.6 Å². The van der Waals surface area contributed by atoms with Gasteiger partial charge in [-0.2, -0.15) is 0 Å². The molecule has 2 aliphatic heterocycles. The molecule has 2 saturated heterocycles. The summed E-state index contributed by atoms with van der Waals surface area (Å²) in [5.41, 5.74) is 5.75. The third-order valence-electron chi connectivity index (χ3n) is 5.92. The summed E-state index contributed by atoms with van der Waals surface area (Å²) in [5.74, 6) is 1.74. The monoisotopic (exact) mass is 293 g/mol. The summed E-state index contributed by atoms with van der Waals surface area (Å²) in [4.78, 5) is 17.4. The smallest absolute Gasteiger partial charge is 0.222 e. The number of hydrogen-bond donors (Lipinski definition) is 1. The van der Waals surface area contributed by atoms with Gasteiger partial charge in [-0.3, -0.25) is 9.69 Å². The summed E-state index contributed by atoms with van der Waals surface area (Å²) < 4.78 is 0. The van der Waals surface area contributed by atoms with Crippen molar-refractivity contribution in [3.05, 3.63) is 0 Å². The zero-order valence-corrected chi connectivity index (χ0v) is 13.3. The molecule has 0 bridgehead atoms. The molecule has 0 aromatic heterocycles. The molecule has 4 heteroatoms. The van der Waals surface area contributed by atoms with Gasteiger partial charge in [-0.25, -0.2) is 0 Å². The molecule has 120 valence electrons. The van der Waals surface area contributed by atoms with E-state index >= 15 is 0 Å². The second-order valence-electron chi connectivity index (χ2n) is 7.35. The summed E-state index contributed by atoms with van der Waals surface area (Å²) >= 11 is 0. The summed E-state index contributed by atoms with van der Waals surface area (Å²) in [7, 11) is 0. The molecule has 0 aromatic rings. The first kappa shape index (κ1) is 15.3. The molecule has 21 heavy (non-hydrogen) atoms. The van der Waals surface area contributed by atoms with Gasteiger partial charge in [-0.1, -0.05) is 0 Å². The summed E-state index contributed by atoms with van der Waals surface area (Å²) in [6.45, 7) is 5.22. The molecule has 0 radical (unpaired) electrons. The lowest BCUT2D eigenvalue weighted by atomic mass is 9.80. The lowest BCUT2D eigenvalue weighted by molar-refractivity contribution is -0.132. The Balaban J connectivity index is 1.48. The molecule has 1 saturated carbocycles. The molecule has 3 fully saturated rings. The van der Waals surface area contributed by atoms with Crippen LogP contribution in [0.25, 0.3) is 0 Å². The highest BCUT2D eigenvalue weighted by Gasteiger charge is 2.31. The van der Waals surface area contributed by atoms with E-state index in [1.165, 1.54) is 51.6 Å². The second kappa shape index (κ2) is 7.10. The average molecular weight is 293 g/mol. The van der Waals surface area contributed by atoms with Gasteiger partial charge in [-0.15, -0.1) is 0 Å². The minimum absolute atomic E-state index is 0.417. The quantitative estimate of drug-likeness (QED) is 0.864. The molecular weight excluding hydrogens is 262 g/mol. The van der Waals surface area contributed by atoms with E-state index in [2.05, 4.69) is 9.80 Å². The fraction of sp³-hybridized carbons (Fsp3) is 0.941.